The number of methoxy groups -OCH3 is 1. The third-order valence-electron chi connectivity index (χ3n) is 6.98. The van der Waals surface area contributed by atoms with Crippen molar-refractivity contribution in [1.82, 2.24) is 4.90 Å². The number of ether oxygens (including phenoxy) is 4. The van der Waals surface area contributed by atoms with Crippen molar-refractivity contribution in [3.05, 3.63) is 47.5 Å². The van der Waals surface area contributed by atoms with Crippen LogP contribution < -0.4 is 18.9 Å². The van der Waals surface area contributed by atoms with Crippen LogP contribution in [0.2, 0.25) is 0 Å². The second-order valence-electron chi connectivity index (χ2n) is 8.71. The summed E-state index contributed by atoms with van der Waals surface area (Å²) in [7, 11) is 1.60. The molecule has 2 aromatic rings. The van der Waals surface area contributed by atoms with Crippen molar-refractivity contribution in [3.63, 3.8) is 0 Å². The van der Waals surface area contributed by atoms with E-state index in [1.165, 1.54) is 24.0 Å². The van der Waals surface area contributed by atoms with E-state index in [-0.39, 0.29) is 24.0 Å². The number of hydrogen-bond donors (Lipinski definition) is 0. The lowest BCUT2D eigenvalue weighted by atomic mass is 9.71. The summed E-state index contributed by atoms with van der Waals surface area (Å²) in [6, 6.07) is 11.6. The highest BCUT2D eigenvalue weighted by Gasteiger charge is 2.46. The minimum absolute atomic E-state index is 0.00906. The lowest BCUT2D eigenvalue weighted by Crippen LogP contribution is -2.50. The summed E-state index contributed by atoms with van der Waals surface area (Å²) in [6.45, 7) is 3.94. The van der Waals surface area contributed by atoms with Crippen LogP contribution in [0.4, 0.5) is 0 Å². The molecule has 3 aliphatic rings. The summed E-state index contributed by atoms with van der Waals surface area (Å²) in [4.78, 5) is 15.3. The predicted molar refractivity (Wildman–Crippen MR) is 116 cm³/mol. The molecule has 1 fully saturated rings. The van der Waals surface area contributed by atoms with Gasteiger partial charge in [0.1, 0.15) is 13.2 Å². The number of hydrogen-bond acceptors (Lipinski definition) is 5. The van der Waals surface area contributed by atoms with Crippen LogP contribution in [0.15, 0.2) is 36.4 Å². The highest BCUT2D eigenvalue weighted by molar-refractivity contribution is 5.79. The molecule has 0 bridgehead atoms. The zero-order valence-electron chi connectivity index (χ0n) is 18.2. The van der Waals surface area contributed by atoms with Gasteiger partial charge >= 0.3 is 0 Å². The van der Waals surface area contributed by atoms with E-state index in [1.54, 1.807) is 7.11 Å². The van der Waals surface area contributed by atoms with Crippen molar-refractivity contribution >= 4 is 5.91 Å². The topological polar surface area (TPSA) is 57.2 Å². The average molecular weight is 424 g/mol. The molecule has 0 N–H and O–H groups in total. The molecule has 0 saturated heterocycles. The van der Waals surface area contributed by atoms with Gasteiger partial charge in [0, 0.05) is 12.0 Å². The van der Waals surface area contributed by atoms with Gasteiger partial charge in [-0.3, -0.25) is 4.79 Å². The van der Waals surface area contributed by atoms with Crippen LogP contribution >= 0.6 is 0 Å². The number of para-hydroxylation sites is 2. The number of carbonyl (C=O) groups excluding carboxylic acids is 1. The predicted octanol–water partition coefficient (Wildman–Crippen LogP) is 4.26. The van der Waals surface area contributed by atoms with E-state index < -0.39 is 0 Å². The molecule has 1 spiro atoms. The molecule has 1 amide bonds. The van der Waals surface area contributed by atoms with E-state index in [0.717, 1.165) is 30.9 Å². The highest BCUT2D eigenvalue weighted by Crippen LogP contribution is 2.51. The summed E-state index contributed by atoms with van der Waals surface area (Å²) in [5.41, 5.74) is 2.48. The van der Waals surface area contributed by atoms with Crippen LogP contribution in [0.3, 0.4) is 0 Å². The van der Waals surface area contributed by atoms with E-state index in [0.29, 0.717) is 24.7 Å². The lowest BCUT2D eigenvalue weighted by Gasteiger charge is -2.46. The molecule has 0 radical (unpaired) electrons. The maximum Gasteiger partial charge on any atom is 0.261 e. The van der Waals surface area contributed by atoms with Gasteiger partial charge in [-0.25, -0.2) is 0 Å². The summed E-state index contributed by atoms with van der Waals surface area (Å²) in [5.74, 6) is 2.82. The Bertz CT molecular complexity index is 982. The van der Waals surface area contributed by atoms with Crippen molar-refractivity contribution in [3.8, 4) is 23.0 Å². The van der Waals surface area contributed by atoms with Gasteiger partial charge in [0.05, 0.1) is 13.2 Å². The summed E-state index contributed by atoms with van der Waals surface area (Å²) >= 11 is 0. The Morgan fingerprint density at radius 1 is 1.10 bits per heavy atom. The number of benzene rings is 2. The monoisotopic (exact) mass is 423 g/mol. The van der Waals surface area contributed by atoms with Gasteiger partial charge in [-0.2, -0.15) is 0 Å². The number of rotatable bonds is 4. The molecule has 31 heavy (non-hydrogen) atoms. The van der Waals surface area contributed by atoms with Gasteiger partial charge in [-0.1, -0.05) is 25.0 Å². The van der Waals surface area contributed by atoms with Crippen LogP contribution in [0.5, 0.6) is 23.0 Å². The third kappa shape index (κ3) is 3.48. The van der Waals surface area contributed by atoms with Crippen molar-refractivity contribution in [1.29, 1.82) is 0 Å². The molecule has 1 unspecified atom stereocenters. The fourth-order valence-electron chi connectivity index (χ4n) is 5.37. The van der Waals surface area contributed by atoms with E-state index in [2.05, 4.69) is 19.1 Å². The Kier molecular flexibility index (Phi) is 5.16. The second-order valence-corrected chi connectivity index (χ2v) is 8.71. The smallest absolute Gasteiger partial charge is 0.261 e. The molecule has 164 valence electrons. The van der Waals surface area contributed by atoms with Crippen LogP contribution in [0.1, 0.15) is 49.8 Å². The van der Waals surface area contributed by atoms with E-state index in [9.17, 15) is 4.79 Å². The van der Waals surface area contributed by atoms with Gasteiger partial charge in [0.25, 0.3) is 5.91 Å². The first kappa shape index (κ1) is 20.0. The molecular formula is C25H29NO5. The Hall–Kier alpha value is -2.89. The van der Waals surface area contributed by atoms with Crippen LogP contribution in [0.25, 0.3) is 0 Å². The van der Waals surface area contributed by atoms with Crippen molar-refractivity contribution in [2.45, 2.75) is 44.1 Å². The first-order chi connectivity index (χ1) is 15.1. The van der Waals surface area contributed by atoms with Gasteiger partial charge in [-0.05, 0) is 55.2 Å². The number of fused-ring (bicyclic) bond motifs is 3. The van der Waals surface area contributed by atoms with Gasteiger partial charge < -0.3 is 23.8 Å². The summed E-state index contributed by atoms with van der Waals surface area (Å²) < 4.78 is 22.9. The fraction of sp³-hybridized carbons (Fsp3) is 0.480. The van der Waals surface area contributed by atoms with Crippen LogP contribution in [-0.2, 0) is 10.2 Å². The maximum absolute atomic E-state index is 13.3. The molecule has 0 aromatic heterocycles. The number of nitrogens with zero attached hydrogens (tertiary/aromatic N) is 1. The Balaban J connectivity index is 1.43. The Morgan fingerprint density at radius 3 is 2.48 bits per heavy atom. The minimum Gasteiger partial charge on any atom is -0.493 e. The Labute approximate surface area is 183 Å². The van der Waals surface area contributed by atoms with Crippen molar-refractivity contribution < 1.29 is 23.7 Å². The molecular weight excluding hydrogens is 394 g/mol. The van der Waals surface area contributed by atoms with Gasteiger partial charge in [0.15, 0.2) is 29.6 Å². The molecule has 1 aliphatic carbocycles. The van der Waals surface area contributed by atoms with E-state index in [1.807, 2.05) is 29.2 Å². The first-order valence-electron chi connectivity index (χ1n) is 11.1. The fourth-order valence-corrected chi connectivity index (χ4v) is 5.37. The molecule has 6 nitrogen and oxygen atoms in total. The normalized spacial score (nSPS) is 21.0. The summed E-state index contributed by atoms with van der Waals surface area (Å²) in [5, 5.41) is 0. The van der Waals surface area contributed by atoms with E-state index in [4.69, 9.17) is 18.9 Å². The molecule has 5 rings (SSSR count). The van der Waals surface area contributed by atoms with Crippen LogP contribution in [-0.4, -0.2) is 44.3 Å². The standard InChI is InChI=1S/C25H29NO5/c1-17-18-13-22-23(30-12-11-29-22)14-19(18)25(9-5-6-10-25)16-26(17)24(27)15-31-21-8-4-3-7-20(21)28-2/h3-4,7-8,13-14,17H,5-6,9-12,15-16H2,1-2H3. The molecule has 1 saturated carbocycles. The quantitative estimate of drug-likeness (QED) is 0.736. The average Bonchev–Trinajstić information content (AvgIpc) is 3.28. The maximum atomic E-state index is 13.3. The SMILES string of the molecule is COc1ccccc1OCC(=O)N1CC2(CCCC2)c2cc3c(cc2C1C)OCCO3. The van der Waals surface area contributed by atoms with E-state index >= 15 is 0 Å². The van der Waals surface area contributed by atoms with Gasteiger partial charge in [-0.15, -0.1) is 0 Å². The highest BCUT2D eigenvalue weighted by atomic mass is 16.6. The van der Waals surface area contributed by atoms with Gasteiger partial charge in [0.2, 0.25) is 0 Å². The molecule has 2 heterocycles. The zero-order valence-corrected chi connectivity index (χ0v) is 18.2. The molecule has 6 heteroatoms. The minimum atomic E-state index is -0.0502. The molecule has 2 aromatic carbocycles. The Morgan fingerprint density at radius 2 is 1.77 bits per heavy atom. The zero-order chi connectivity index (χ0) is 21.4. The van der Waals surface area contributed by atoms with Crippen LogP contribution in [0, 0.1) is 0 Å². The van der Waals surface area contributed by atoms with Crippen molar-refractivity contribution in [2.75, 3.05) is 33.5 Å². The first-order valence-corrected chi connectivity index (χ1v) is 11.1. The summed E-state index contributed by atoms with van der Waals surface area (Å²) in [6.07, 6.45) is 4.54. The second kappa shape index (κ2) is 7.98. The number of carbonyl (C=O) groups is 1. The van der Waals surface area contributed by atoms with Crippen molar-refractivity contribution in [2.24, 2.45) is 0 Å². The largest absolute Gasteiger partial charge is 0.493 e. The third-order valence-corrected chi connectivity index (χ3v) is 6.98. The molecule has 1 atom stereocenters. The molecule has 2 aliphatic heterocycles. The lowest BCUT2D eigenvalue weighted by molar-refractivity contribution is -0.137. The number of amides is 1.